The Kier molecular flexibility index (Phi) is 7.92. The molecule has 1 saturated heterocycles. The fourth-order valence-electron chi connectivity index (χ4n) is 3.60. The predicted octanol–water partition coefficient (Wildman–Crippen LogP) is 2.95. The fraction of sp³-hybridized carbons (Fsp3) is 0.421. The molecule has 0 aliphatic carbocycles. The summed E-state index contributed by atoms with van der Waals surface area (Å²) in [6.45, 7) is 5.41. The molecule has 0 bridgehead atoms. The Morgan fingerprint density at radius 2 is 1.77 bits per heavy atom. The Hall–Kier alpha value is -1.11. The summed E-state index contributed by atoms with van der Waals surface area (Å²) < 4.78 is 0. The van der Waals surface area contributed by atoms with Gasteiger partial charge in [0.1, 0.15) is 0 Å². The minimum atomic E-state index is -0.0660. The number of hydrogen-bond acceptors (Lipinski definition) is 4. The molecular formula is C19H25Cl2N3OS. The SMILES string of the molecule is Cl.Cl.O=C(C1Cc2ccccc2CN1)N1CCN(Cc2cccs2)CC1. The number of fused-ring (bicyclic) bond motifs is 1. The van der Waals surface area contributed by atoms with Crippen molar-refractivity contribution in [2.45, 2.75) is 25.6 Å². The summed E-state index contributed by atoms with van der Waals surface area (Å²) in [7, 11) is 0. The van der Waals surface area contributed by atoms with Crippen molar-refractivity contribution in [1.82, 2.24) is 15.1 Å². The molecule has 2 aliphatic heterocycles. The van der Waals surface area contributed by atoms with Crippen molar-refractivity contribution in [2.24, 2.45) is 0 Å². The van der Waals surface area contributed by atoms with Crippen LogP contribution in [0.4, 0.5) is 0 Å². The number of carbonyl (C=O) groups excluding carboxylic acids is 1. The normalized spacial score (nSPS) is 19.8. The van der Waals surface area contributed by atoms with E-state index in [0.717, 1.165) is 45.7 Å². The highest BCUT2D eigenvalue weighted by molar-refractivity contribution is 7.09. The zero-order chi connectivity index (χ0) is 16.4. The van der Waals surface area contributed by atoms with Crippen molar-refractivity contribution in [1.29, 1.82) is 0 Å². The summed E-state index contributed by atoms with van der Waals surface area (Å²) in [5, 5.41) is 5.54. The molecular weight excluding hydrogens is 389 g/mol. The average molecular weight is 414 g/mol. The van der Waals surface area contributed by atoms with E-state index in [9.17, 15) is 4.79 Å². The molecule has 0 radical (unpaired) electrons. The van der Waals surface area contributed by atoms with Crippen LogP contribution in [0, 0.1) is 0 Å². The van der Waals surface area contributed by atoms with Crippen molar-refractivity contribution in [3.05, 3.63) is 57.8 Å². The quantitative estimate of drug-likeness (QED) is 0.839. The molecule has 2 aliphatic rings. The minimum absolute atomic E-state index is 0. The molecule has 4 nitrogen and oxygen atoms in total. The number of nitrogens with one attached hydrogen (secondary N) is 1. The van der Waals surface area contributed by atoms with Crippen LogP contribution in [0.15, 0.2) is 41.8 Å². The van der Waals surface area contributed by atoms with Gasteiger partial charge in [0.25, 0.3) is 0 Å². The summed E-state index contributed by atoms with van der Waals surface area (Å²) in [6, 6.07) is 12.6. The van der Waals surface area contributed by atoms with Crippen molar-refractivity contribution < 1.29 is 4.79 Å². The third-order valence-electron chi connectivity index (χ3n) is 5.02. The number of piperazine rings is 1. The summed E-state index contributed by atoms with van der Waals surface area (Å²) >= 11 is 1.81. The Morgan fingerprint density at radius 3 is 2.46 bits per heavy atom. The van der Waals surface area contributed by atoms with Crippen LogP contribution in [-0.2, 0) is 24.3 Å². The smallest absolute Gasteiger partial charge is 0.240 e. The molecule has 7 heteroatoms. The van der Waals surface area contributed by atoms with E-state index in [1.54, 1.807) is 0 Å². The van der Waals surface area contributed by atoms with Gasteiger partial charge >= 0.3 is 0 Å². The maximum atomic E-state index is 12.8. The second-order valence-electron chi connectivity index (χ2n) is 6.59. The summed E-state index contributed by atoms with van der Waals surface area (Å²) in [5.41, 5.74) is 2.63. The highest BCUT2D eigenvalue weighted by Gasteiger charge is 2.29. The van der Waals surface area contributed by atoms with Gasteiger partial charge < -0.3 is 10.2 Å². The zero-order valence-electron chi connectivity index (χ0n) is 14.6. The first kappa shape index (κ1) is 21.2. The van der Waals surface area contributed by atoms with E-state index >= 15 is 0 Å². The molecule has 1 amide bonds. The number of rotatable bonds is 3. The maximum absolute atomic E-state index is 12.8. The van der Waals surface area contributed by atoms with Crippen LogP contribution >= 0.6 is 36.2 Å². The van der Waals surface area contributed by atoms with Crippen molar-refractivity contribution in [3.63, 3.8) is 0 Å². The Bertz CT molecular complexity index is 703. The molecule has 1 atom stereocenters. The molecule has 1 unspecified atom stereocenters. The van der Waals surface area contributed by atoms with Crippen LogP contribution in [0.1, 0.15) is 16.0 Å². The van der Waals surface area contributed by atoms with Crippen LogP contribution < -0.4 is 5.32 Å². The number of amides is 1. The molecule has 0 saturated carbocycles. The molecule has 1 fully saturated rings. The van der Waals surface area contributed by atoms with Gasteiger partial charge in [0.05, 0.1) is 6.04 Å². The molecule has 1 aromatic heterocycles. The van der Waals surface area contributed by atoms with Gasteiger partial charge in [0.15, 0.2) is 0 Å². The molecule has 0 spiro atoms. The number of thiophene rings is 1. The Balaban J connectivity index is 0.00000121. The Labute approximate surface area is 171 Å². The van der Waals surface area contributed by atoms with Crippen LogP contribution in [-0.4, -0.2) is 47.9 Å². The summed E-state index contributed by atoms with van der Waals surface area (Å²) in [5.74, 6) is 0.264. The largest absolute Gasteiger partial charge is 0.339 e. The van der Waals surface area contributed by atoms with Gasteiger partial charge in [-0.1, -0.05) is 30.3 Å². The first-order valence-electron chi connectivity index (χ1n) is 8.63. The lowest BCUT2D eigenvalue weighted by Gasteiger charge is -2.37. The van der Waals surface area contributed by atoms with Gasteiger partial charge in [-0.3, -0.25) is 9.69 Å². The second-order valence-corrected chi connectivity index (χ2v) is 7.62. The number of hydrogen-bond donors (Lipinski definition) is 1. The molecule has 1 aromatic carbocycles. The fourth-order valence-corrected chi connectivity index (χ4v) is 4.34. The van der Waals surface area contributed by atoms with Gasteiger partial charge in [-0.05, 0) is 29.0 Å². The lowest BCUT2D eigenvalue weighted by atomic mass is 9.95. The molecule has 2 aromatic rings. The van der Waals surface area contributed by atoms with Crippen LogP contribution in [0.25, 0.3) is 0 Å². The molecule has 142 valence electrons. The van der Waals surface area contributed by atoms with Gasteiger partial charge in [0, 0.05) is 44.1 Å². The number of nitrogens with zero attached hydrogens (tertiary/aromatic N) is 2. The highest BCUT2D eigenvalue weighted by Crippen LogP contribution is 2.19. The molecule has 3 heterocycles. The number of carbonyl (C=O) groups is 1. The van der Waals surface area contributed by atoms with E-state index in [-0.39, 0.29) is 36.8 Å². The van der Waals surface area contributed by atoms with E-state index in [1.807, 2.05) is 16.2 Å². The molecule has 4 rings (SSSR count). The van der Waals surface area contributed by atoms with Gasteiger partial charge in [-0.25, -0.2) is 0 Å². The predicted molar refractivity (Wildman–Crippen MR) is 111 cm³/mol. The highest BCUT2D eigenvalue weighted by atomic mass is 35.5. The standard InChI is InChI=1S/C19H23N3OS.2ClH/c23-19(18-12-15-4-1-2-5-16(15)13-20-18)22-9-7-21(8-10-22)14-17-6-3-11-24-17;;/h1-6,11,18,20H,7-10,12-14H2;2*1H. The van der Waals surface area contributed by atoms with Gasteiger partial charge in [-0.2, -0.15) is 0 Å². The lowest BCUT2D eigenvalue weighted by molar-refractivity contribution is -0.135. The van der Waals surface area contributed by atoms with Crippen molar-refractivity contribution in [2.75, 3.05) is 26.2 Å². The van der Waals surface area contributed by atoms with Gasteiger partial charge in [-0.15, -0.1) is 36.2 Å². The number of halogens is 2. The first-order valence-corrected chi connectivity index (χ1v) is 9.51. The summed E-state index contributed by atoms with van der Waals surface area (Å²) in [6.07, 6.45) is 0.810. The van der Waals surface area contributed by atoms with E-state index in [4.69, 9.17) is 0 Å². The topological polar surface area (TPSA) is 35.6 Å². The van der Waals surface area contributed by atoms with E-state index in [0.29, 0.717) is 0 Å². The lowest BCUT2D eigenvalue weighted by Crippen LogP contribution is -2.55. The zero-order valence-corrected chi connectivity index (χ0v) is 17.0. The van der Waals surface area contributed by atoms with Crippen LogP contribution in [0.2, 0.25) is 0 Å². The molecule has 1 N–H and O–H groups in total. The number of benzene rings is 1. The van der Waals surface area contributed by atoms with Crippen molar-refractivity contribution in [3.8, 4) is 0 Å². The third kappa shape index (κ3) is 4.78. The van der Waals surface area contributed by atoms with Crippen LogP contribution in [0.3, 0.4) is 0 Å². The van der Waals surface area contributed by atoms with E-state index in [1.165, 1.54) is 16.0 Å². The summed E-state index contributed by atoms with van der Waals surface area (Å²) in [4.78, 5) is 18.7. The monoisotopic (exact) mass is 413 g/mol. The first-order chi connectivity index (χ1) is 11.8. The second kappa shape index (κ2) is 9.72. The van der Waals surface area contributed by atoms with E-state index in [2.05, 4.69) is 52.0 Å². The van der Waals surface area contributed by atoms with Crippen LogP contribution in [0.5, 0.6) is 0 Å². The maximum Gasteiger partial charge on any atom is 0.240 e. The Morgan fingerprint density at radius 1 is 1.04 bits per heavy atom. The third-order valence-corrected chi connectivity index (χ3v) is 5.88. The minimum Gasteiger partial charge on any atom is -0.339 e. The van der Waals surface area contributed by atoms with E-state index < -0.39 is 0 Å². The van der Waals surface area contributed by atoms with Gasteiger partial charge in [0.2, 0.25) is 5.91 Å². The molecule has 26 heavy (non-hydrogen) atoms. The average Bonchev–Trinajstić information content (AvgIpc) is 3.14. The van der Waals surface area contributed by atoms with Crippen molar-refractivity contribution >= 4 is 42.1 Å².